The maximum Gasteiger partial charge on any atom is 0.251 e. The van der Waals surface area contributed by atoms with E-state index in [0.29, 0.717) is 21.4 Å². The van der Waals surface area contributed by atoms with Gasteiger partial charge >= 0.3 is 0 Å². The highest BCUT2D eigenvalue weighted by molar-refractivity contribution is 7.17. The average molecular weight is 417 g/mol. The Morgan fingerprint density at radius 1 is 1.07 bits per heavy atom. The summed E-state index contributed by atoms with van der Waals surface area (Å²) >= 11 is 13.0. The van der Waals surface area contributed by atoms with E-state index in [2.05, 4.69) is 25.7 Å². The molecule has 0 radical (unpaired) electrons. The smallest absolute Gasteiger partial charge is 0.251 e. The molecule has 1 aromatic heterocycles. The molecule has 0 amide bonds. The third-order valence-corrected chi connectivity index (χ3v) is 4.75. The molecule has 27 heavy (non-hydrogen) atoms. The minimum absolute atomic E-state index is 0.0330. The van der Waals surface area contributed by atoms with Crippen LogP contribution in [0.15, 0.2) is 63.9 Å². The molecule has 0 aliphatic heterocycles. The second-order valence-corrected chi connectivity index (χ2v) is 6.75. The zero-order valence-corrected chi connectivity index (χ0v) is 15.8. The Bertz CT molecular complexity index is 1070. The summed E-state index contributed by atoms with van der Waals surface area (Å²) < 4.78 is 0. The molecule has 134 valence electrons. The summed E-state index contributed by atoms with van der Waals surface area (Å²) in [6.45, 7) is 0. The first kappa shape index (κ1) is 18.8. The van der Waals surface area contributed by atoms with Crippen molar-refractivity contribution >= 4 is 56.6 Å². The van der Waals surface area contributed by atoms with E-state index < -0.39 is 0 Å². The molecule has 0 aliphatic rings. The Morgan fingerprint density at radius 3 is 2.48 bits per heavy atom. The number of nitrogens with zero attached hydrogens (tertiary/aromatic N) is 5. The van der Waals surface area contributed by atoms with Crippen LogP contribution in [0.1, 0.15) is 5.01 Å². The summed E-state index contributed by atoms with van der Waals surface area (Å²) in [5.74, 6) is -0.355. The predicted molar refractivity (Wildman–Crippen MR) is 107 cm³/mol. The minimum atomic E-state index is -0.355. The van der Waals surface area contributed by atoms with Crippen LogP contribution in [0, 0.1) is 11.3 Å². The monoisotopic (exact) mass is 416 g/mol. The van der Waals surface area contributed by atoms with E-state index in [1.165, 1.54) is 0 Å². The number of halogens is 2. The van der Waals surface area contributed by atoms with Crippen LogP contribution in [0.25, 0.3) is 0 Å². The first-order chi connectivity index (χ1) is 13.1. The van der Waals surface area contributed by atoms with E-state index in [4.69, 9.17) is 23.2 Å². The predicted octanol–water partition coefficient (Wildman–Crippen LogP) is 5.91. The summed E-state index contributed by atoms with van der Waals surface area (Å²) in [4.78, 5) is 3.91. The van der Waals surface area contributed by atoms with Gasteiger partial charge in [0.2, 0.25) is 5.00 Å². The molecule has 2 aromatic carbocycles. The summed E-state index contributed by atoms with van der Waals surface area (Å²) in [5, 5.41) is 32.4. The van der Waals surface area contributed by atoms with Gasteiger partial charge in [0.05, 0.1) is 15.7 Å². The Hall–Kier alpha value is -2.99. The summed E-state index contributed by atoms with van der Waals surface area (Å²) in [7, 11) is 0. The second-order valence-electron chi connectivity index (χ2n) is 4.96. The summed E-state index contributed by atoms with van der Waals surface area (Å²) in [6, 6.07) is 15.8. The van der Waals surface area contributed by atoms with Gasteiger partial charge in [-0.15, -0.1) is 10.2 Å². The van der Waals surface area contributed by atoms with Crippen molar-refractivity contribution in [2.24, 2.45) is 15.3 Å². The van der Waals surface area contributed by atoms with Crippen molar-refractivity contribution in [3.8, 4) is 11.9 Å². The zero-order chi connectivity index (χ0) is 19.2. The van der Waals surface area contributed by atoms with Crippen molar-refractivity contribution < 1.29 is 5.11 Å². The molecule has 0 bridgehead atoms. The summed E-state index contributed by atoms with van der Waals surface area (Å²) in [5.41, 5.74) is 3.65. The van der Waals surface area contributed by atoms with Crippen LogP contribution >= 0.6 is 34.5 Å². The number of aromatic hydroxyl groups is 1. The van der Waals surface area contributed by atoms with Gasteiger partial charge < -0.3 is 5.11 Å². The van der Waals surface area contributed by atoms with Crippen molar-refractivity contribution in [1.29, 1.82) is 5.26 Å². The Balaban J connectivity index is 1.84. The number of hydrogen-bond acceptors (Lipinski definition) is 8. The number of anilines is 1. The van der Waals surface area contributed by atoms with Crippen LogP contribution in [-0.4, -0.2) is 15.8 Å². The highest BCUT2D eigenvalue weighted by Crippen LogP contribution is 2.35. The van der Waals surface area contributed by atoms with Gasteiger partial charge in [0.1, 0.15) is 11.8 Å². The van der Waals surface area contributed by atoms with Crippen molar-refractivity contribution in [2.45, 2.75) is 0 Å². The number of nitriles is 1. The lowest BCUT2D eigenvalue weighted by Gasteiger charge is -2.02. The first-order valence-electron chi connectivity index (χ1n) is 7.43. The van der Waals surface area contributed by atoms with Gasteiger partial charge in [0.25, 0.3) is 5.88 Å². The maximum atomic E-state index is 9.96. The molecule has 3 rings (SSSR count). The highest BCUT2D eigenvalue weighted by Gasteiger charge is 2.15. The Kier molecular flexibility index (Phi) is 5.98. The van der Waals surface area contributed by atoms with Crippen LogP contribution in [0.2, 0.25) is 10.0 Å². The number of thiazole rings is 1. The highest BCUT2D eigenvalue weighted by atomic mass is 35.5. The van der Waals surface area contributed by atoms with Gasteiger partial charge in [-0.3, -0.25) is 5.43 Å². The van der Waals surface area contributed by atoms with E-state index in [9.17, 15) is 10.4 Å². The van der Waals surface area contributed by atoms with Gasteiger partial charge in [-0.2, -0.15) is 15.3 Å². The van der Waals surface area contributed by atoms with Crippen molar-refractivity contribution in [3.05, 3.63) is 63.6 Å². The van der Waals surface area contributed by atoms with Crippen LogP contribution < -0.4 is 5.43 Å². The molecule has 7 nitrogen and oxygen atoms in total. The molecule has 0 unspecified atom stereocenters. The fourth-order valence-electron chi connectivity index (χ4n) is 1.89. The second kappa shape index (κ2) is 8.60. The molecule has 3 aromatic rings. The number of para-hydroxylation sites is 1. The Labute approximate surface area is 168 Å². The molecule has 2 N–H and O–H groups in total. The quantitative estimate of drug-likeness (QED) is 0.306. The number of hydrazone groups is 1. The number of aromatic nitrogens is 1. The molecule has 0 saturated heterocycles. The molecule has 1 heterocycles. The molecule has 0 fully saturated rings. The zero-order valence-electron chi connectivity index (χ0n) is 13.5. The minimum Gasteiger partial charge on any atom is -0.491 e. The van der Waals surface area contributed by atoms with Crippen molar-refractivity contribution in [1.82, 2.24) is 4.98 Å². The van der Waals surface area contributed by atoms with Gasteiger partial charge in [0, 0.05) is 0 Å². The fraction of sp³-hybridized carbons (Fsp3) is 0. The number of nitrogens with one attached hydrogen (secondary N) is 1. The molecule has 10 heteroatoms. The summed E-state index contributed by atoms with van der Waals surface area (Å²) in [6.07, 6.45) is 0. The van der Waals surface area contributed by atoms with Gasteiger partial charge in [0.15, 0.2) is 10.7 Å². The number of benzene rings is 2. The van der Waals surface area contributed by atoms with Crippen LogP contribution in [0.3, 0.4) is 0 Å². The molecule has 0 saturated carbocycles. The third kappa shape index (κ3) is 4.60. The van der Waals surface area contributed by atoms with Crippen LogP contribution in [-0.2, 0) is 0 Å². The van der Waals surface area contributed by atoms with Gasteiger partial charge in [-0.1, -0.05) is 58.8 Å². The number of rotatable bonds is 5. The van der Waals surface area contributed by atoms with E-state index >= 15 is 0 Å². The molecular weight excluding hydrogens is 407 g/mol. The van der Waals surface area contributed by atoms with Crippen molar-refractivity contribution in [2.75, 3.05) is 5.43 Å². The maximum absolute atomic E-state index is 9.96. The van der Waals surface area contributed by atoms with Crippen LogP contribution in [0.5, 0.6) is 5.88 Å². The largest absolute Gasteiger partial charge is 0.491 e. The lowest BCUT2D eigenvalue weighted by Crippen LogP contribution is -2.01. The molecule has 0 spiro atoms. The third-order valence-electron chi connectivity index (χ3n) is 3.16. The standard InChI is InChI=1S/C17H10Cl2N6OS/c18-10-5-1-3-7-12(10)22-24-14(9-20)16-21-15(26)17(27-16)25-23-13-8-4-2-6-11(13)19/h1-8,22,26H. The average Bonchev–Trinajstić information content (AvgIpc) is 3.03. The normalized spacial score (nSPS) is 11.5. The molecule has 0 atom stereocenters. The molecular formula is C17H10Cl2N6OS. The number of hydrogen-bond donors (Lipinski definition) is 2. The topological polar surface area (TPSA) is 106 Å². The Morgan fingerprint density at radius 2 is 1.78 bits per heavy atom. The molecule has 0 aliphatic carbocycles. The first-order valence-corrected chi connectivity index (χ1v) is 9.00. The van der Waals surface area contributed by atoms with Crippen molar-refractivity contribution in [3.63, 3.8) is 0 Å². The lowest BCUT2D eigenvalue weighted by molar-refractivity contribution is 0.458. The van der Waals surface area contributed by atoms with E-state index in [1.54, 1.807) is 48.5 Å². The van der Waals surface area contributed by atoms with E-state index in [1.807, 2.05) is 6.07 Å². The SMILES string of the molecule is N#CC(=NNc1ccccc1Cl)c1nc(O)c(N=Nc2ccccc2Cl)s1. The van der Waals surface area contributed by atoms with E-state index in [0.717, 1.165) is 11.3 Å². The fourth-order valence-corrected chi connectivity index (χ4v) is 2.96. The van der Waals surface area contributed by atoms with Gasteiger partial charge in [-0.25, -0.2) is 0 Å². The van der Waals surface area contributed by atoms with Gasteiger partial charge in [-0.05, 0) is 24.3 Å². The van der Waals surface area contributed by atoms with E-state index in [-0.39, 0.29) is 21.6 Å². The van der Waals surface area contributed by atoms with Crippen LogP contribution in [0.4, 0.5) is 16.4 Å². The lowest BCUT2D eigenvalue weighted by atomic mass is 10.3. The number of azo groups is 1.